The van der Waals surface area contributed by atoms with Gasteiger partial charge in [0.1, 0.15) is 11.5 Å². The van der Waals surface area contributed by atoms with Gasteiger partial charge in [-0.25, -0.2) is 14.6 Å². The molecular formula is C25H25N5O4. The van der Waals surface area contributed by atoms with Gasteiger partial charge in [-0.15, -0.1) is 0 Å². The quantitative estimate of drug-likeness (QED) is 0.144. The summed E-state index contributed by atoms with van der Waals surface area (Å²) in [4.78, 5) is 31.2. The molecule has 0 N–H and O–H groups in total. The van der Waals surface area contributed by atoms with Gasteiger partial charge in [-0.05, 0) is 40.8 Å². The van der Waals surface area contributed by atoms with Gasteiger partial charge in [-0.1, -0.05) is 54.5 Å². The molecule has 9 nitrogen and oxygen atoms in total. The minimum Gasteiger partial charge on any atom is -0.466 e. The Balaban J connectivity index is 1.89. The Labute approximate surface area is 197 Å². The number of nitrogens with zero attached hydrogens (tertiary/aromatic N) is 5. The van der Waals surface area contributed by atoms with E-state index in [1.807, 2.05) is 41.0 Å². The Morgan fingerprint density at radius 2 is 1.85 bits per heavy atom. The van der Waals surface area contributed by atoms with Crippen LogP contribution in [0, 0.1) is 0 Å². The first-order valence-electron chi connectivity index (χ1n) is 10.7. The third-order valence-corrected chi connectivity index (χ3v) is 5.13. The summed E-state index contributed by atoms with van der Waals surface area (Å²) >= 11 is 0. The fraction of sp³-hybridized carbons (Fsp3) is 0.240. The monoisotopic (exact) mass is 459 g/mol. The van der Waals surface area contributed by atoms with Gasteiger partial charge < -0.3 is 14.0 Å². The third-order valence-electron chi connectivity index (χ3n) is 5.13. The summed E-state index contributed by atoms with van der Waals surface area (Å²) in [6, 6.07) is 15.2. The zero-order valence-electron chi connectivity index (χ0n) is 19.3. The van der Waals surface area contributed by atoms with Crippen LogP contribution in [0.15, 0.2) is 65.5 Å². The van der Waals surface area contributed by atoms with E-state index in [4.69, 9.17) is 10.3 Å². The molecule has 0 aliphatic carbocycles. The lowest BCUT2D eigenvalue weighted by Gasteiger charge is -2.10. The number of aromatic nitrogens is 2. The van der Waals surface area contributed by atoms with Gasteiger partial charge >= 0.3 is 11.9 Å². The number of carbonyl (C=O) groups is 2. The van der Waals surface area contributed by atoms with E-state index in [0.29, 0.717) is 17.8 Å². The number of hydrogen-bond acceptors (Lipinski definition) is 6. The number of hydrogen-bond donors (Lipinski definition) is 0. The van der Waals surface area contributed by atoms with Crippen LogP contribution >= 0.6 is 0 Å². The molecule has 0 saturated carbocycles. The van der Waals surface area contributed by atoms with Gasteiger partial charge in [-0.2, -0.15) is 0 Å². The van der Waals surface area contributed by atoms with Crippen molar-refractivity contribution in [2.24, 2.45) is 5.11 Å². The van der Waals surface area contributed by atoms with Crippen LogP contribution in [0.5, 0.6) is 0 Å². The number of rotatable bonds is 9. The van der Waals surface area contributed by atoms with Crippen molar-refractivity contribution in [3.63, 3.8) is 0 Å². The summed E-state index contributed by atoms with van der Waals surface area (Å²) < 4.78 is 11.6. The average molecular weight is 460 g/mol. The fourth-order valence-electron chi connectivity index (χ4n) is 3.54. The maximum absolute atomic E-state index is 12.1. The van der Waals surface area contributed by atoms with Crippen molar-refractivity contribution in [3.8, 4) is 11.1 Å². The molecule has 0 atom stereocenters. The van der Waals surface area contributed by atoms with Crippen molar-refractivity contribution < 1.29 is 19.1 Å². The maximum Gasteiger partial charge on any atom is 0.340 e. The average Bonchev–Trinajstić information content (AvgIpc) is 3.24. The minimum absolute atomic E-state index is 0.161. The van der Waals surface area contributed by atoms with E-state index in [1.165, 1.54) is 20.3 Å². The maximum atomic E-state index is 12.1. The first kappa shape index (κ1) is 24.3. The highest BCUT2D eigenvalue weighted by Gasteiger charge is 2.14. The van der Waals surface area contributed by atoms with Crippen molar-refractivity contribution in [2.45, 2.75) is 26.3 Å². The number of aryl methyl sites for hydroxylation is 1. The number of carbonyl (C=O) groups excluding carboxylic acids is 2. The highest BCUT2D eigenvalue weighted by atomic mass is 16.5. The molecule has 34 heavy (non-hydrogen) atoms. The Bertz CT molecular complexity index is 1250. The van der Waals surface area contributed by atoms with Crippen molar-refractivity contribution in [3.05, 3.63) is 93.5 Å². The molecule has 0 fully saturated rings. The van der Waals surface area contributed by atoms with E-state index in [1.54, 1.807) is 18.3 Å². The minimum atomic E-state index is -0.729. The zero-order chi connectivity index (χ0) is 24.5. The molecule has 0 aliphatic heterocycles. The lowest BCUT2D eigenvalue weighted by molar-refractivity contribution is -0.136. The van der Waals surface area contributed by atoms with Gasteiger partial charge in [0.25, 0.3) is 0 Å². The number of benzene rings is 2. The van der Waals surface area contributed by atoms with Gasteiger partial charge in [0.05, 0.1) is 25.5 Å². The van der Waals surface area contributed by atoms with Crippen LogP contribution in [0.1, 0.15) is 40.8 Å². The number of imidazole rings is 1. The van der Waals surface area contributed by atoms with Crippen molar-refractivity contribution in [1.82, 2.24) is 9.55 Å². The highest BCUT2D eigenvalue weighted by molar-refractivity contribution is 5.97. The van der Waals surface area contributed by atoms with Crippen molar-refractivity contribution >= 4 is 18.0 Å². The largest absolute Gasteiger partial charge is 0.466 e. The number of esters is 2. The first-order valence-corrected chi connectivity index (χ1v) is 10.7. The van der Waals surface area contributed by atoms with Crippen LogP contribution in [0.4, 0.5) is 0 Å². The van der Waals surface area contributed by atoms with Crippen LogP contribution in [0.25, 0.3) is 27.6 Å². The molecule has 0 amide bonds. The topological polar surface area (TPSA) is 119 Å². The molecule has 1 aromatic heterocycles. The molecule has 1 heterocycles. The molecule has 3 aromatic rings. The summed E-state index contributed by atoms with van der Waals surface area (Å²) in [6.45, 7) is 2.62. The molecule has 2 aromatic carbocycles. The Hall–Kier alpha value is -4.36. The smallest absolute Gasteiger partial charge is 0.340 e. The van der Waals surface area contributed by atoms with Gasteiger partial charge in [-0.3, -0.25) is 0 Å². The SMILES string of the molecule is CCCc1nc(/C=C(\N=[N+]=[N-])C(=O)OC)cn1Cc1ccc(-c2ccccc2C(=O)OC)cc1. The normalized spacial score (nSPS) is 11.0. The molecule has 0 unspecified atom stereocenters. The summed E-state index contributed by atoms with van der Waals surface area (Å²) in [5.41, 5.74) is 12.3. The van der Waals surface area contributed by atoms with Crippen molar-refractivity contribution in [2.75, 3.05) is 14.2 Å². The van der Waals surface area contributed by atoms with Gasteiger partial charge in [0.15, 0.2) is 0 Å². The molecule has 0 bridgehead atoms. The van der Waals surface area contributed by atoms with Crippen LogP contribution in [-0.4, -0.2) is 35.7 Å². The second-order valence-corrected chi connectivity index (χ2v) is 7.40. The molecule has 9 heteroatoms. The Morgan fingerprint density at radius 1 is 1.12 bits per heavy atom. The summed E-state index contributed by atoms with van der Waals surface area (Å²) in [5, 5.41) is 3.41. The van der Waals surface area contributed by atoms with Crippen LogP contribution in [0.3, 0.4) is 0 Å². The predicted octanol–water partition coefficient (Wildman–Crippen LogP) is 5.16. The Kier molecular flexibility index (Phi) is 8.21. The molecule has 3 rings (SSSR count). The molecule has 0 saturated heterocycles. The Morgan fingerprint density at radius 3 is 2.50 bits per heavy atom. The summed E-state index contributed by atoms with van der Waals surface area (Å²) in [6.07, 6.45) is 4.85. The molecule has 0 aliphatic rings. The standard InChI is InChI=1S/C25H25N5O4/c1-4-7-23-27-19(14-22(28-29-26)25(32)34-3)16-30(23)15-17-10-12-18(13-11-17)20-8-5-6-9-21(20)24(31)33-2/h5-6,8-14,16H,4,7,15H2,1-3H3/b22-14-. The van der Waals surface area contributed by atoms with Crippen LogP contribution in [0.2, 0.25) is 0 Å². The number of methoxy groups -OCH3 is 2. The van der Waals surface area contributed by atoms with Crippen LogP contribution in [-0.2, 0) is 27.2 Å². The van der Waals surface area contributed by atoms with E-state index in [9.17, 15) is 9.59 Å². The molecular weight excluding hydrogens is 434 g/mol. The third kappa shape index (κ3) is 5.70. The van der Waals surface area contributed by atoms with E-state index < -0.39 is 5.97 Å². The molecule has 0 spiro atoms. The van der Waals surface area contributed by atoms with Gasteiger partial charge in [0, 0.05) is 24.1 Å². The van der Waals surface area contributed by atoms with E-state index in [2.05, 4.69) is 26.7 Å². The zero-order valence-corrected chi connectivity index (χ0v) is 19.3. The fourth-order valence-corrected chi connectivity index (χ4v) is 3.54. The lowest BCUT2D eigenvalue weighted by atomic mass is 9.98. The molecule has 174 valence electrons. The van der Waals surface area contributed by atoms with Crippen LogP contribution < -0.4 is 0 Å². The number of azide groups is 1. The first-order chi connectivity index (χ1) is 16.5. The second-order valence-electron chi connectivity index (χ2n) is 7.40. The summed E-state index contributed by atoms with van der Waals surface area (Å²) in [5.74, 6) is -0.263. The number of ether oxygens (including phenoxy) is 2. The van der Waals surface area contributed by atoms with Crippen molar-refractivity contribution in [1.29, 1.82) is 0 Å². The summed E-state index contributed by atoms with van der Waals surface area (Å²) in [7, 11) is 2.59. The second kappa shape index (κ2) is 11.5. The van der Waals surface area contributed by atoms with E-state index >= 15 is 0 Å². The van der Waals surface area contributed by atoms with E-state index in [0.717, 1.165) is 35.4 Å². The van der Waals surface area contributed by atoms with E-state index in [-0.39, 0.29) is 11.7 Å². The van der Waals surface area contributed by atoms with Gasteiger partial charge in [0.2, 0.25) is 0 Å². The molecule has 0 radical (unpaired) electrons. The predicted molar refractivity (Wildman–Crippen MR) is 128 cm³/mol. The highest BCUT2D eigenvalue weighted by Crippen LogP contribution is 2.25. The lowest BCUT2D eigenvalue weighted by Crippen LogP contribution is -2.05.